The van der Waals surface area contributed by atoms with E-state index in [1.807, 2.05) is 0 Å². The Labute approximate surface area is 309 Å². The summed E-state index contributed by atoms with van der Waals surface area (Å²) in [5.41, 5.74) is 7.24. The van der Waals surface area contributed by atoms with Crippen molar-refractivity contribution in [2.75, 3.05) is 45.2 Å². The number of aromatic amines is 1. The predicted octanol–water partition coefficient (Wildman–Crippen LogP) is 1.78. The highest BCUT2D eigenvalue weighted by Gasteiger charge is 2.54. The molecule has 2 fully saturated rings. The number of phenols is 2. The van der Waals surface area contributed by atoms with Crippen LogP contribution in [0.1, 0.15) is 48.1 Å². The number of carbonyl (C=O) groups excluding carboxylic acids is 3. The van der Waals surface area contributed by atoms with Gasteiger partial charge in [-0.05, 0) is 24.3 Å². The van der Waals surface area contributed by atoms with Crippen LogP contribution in [0.2, 0.25) is 5.02 Å². The van der Waals surface area contributed by atoms with Gasteiger partial charge in [-0.3, -0.25) is 19.3 Å². The maximum absolute atomic E-state index is 13.8. The Bertz CT molecular complexity index is 1960. The fraction of sp³-hybridized carbons (Fsp3) is 0.452. The number of Topliss-reactive ketones (excluding diaryl/α,β-unsaturated/α-hetero) is 1. The van der Waals surface area contributed by atoms with Gasteiger partial charge in [0.2, 0.25) is 17.8 Å². The molecule has 21 heteroatoms. The highest BCUT2D eigenvalue weighted by atomic mass is 35.5. The fourth-order valence-electron chi connectivity index (χ4n) is 6.60. The van der Waals surface area contributed by atoms with Crippen molar-refractivity contribution in [2.24, 2.45) is 11.1 Å². The second-order valence-electron chi connectivity index (χ2n) is 13.2. The van der Waals surface area contributed by atoms with E-state index >= 15 is 0 Å². The van der Waals surface area contributed by atoms with E-state index < -0.39 is 40.6 Å². The number of thiazole rings is 1. The number of halogens is 1. The second-order valence-corrected chi connectivity index (χ2v) is 15.6. The Morgan fingerprint density at radius 1 is 1.23 bits per heavy atom. The molecule has 0 radical (unpaired) electrons. The lowest BCUT2D eigenvalue weighted by atomic mass is 9.88. The Morgan fingerprint density at radius 3 is 2.60 bits per heavy atom. The van der Waals surface area contributed by atoms with Gasteiger partial charge in [-0.15, -0.1) is 33.3 Å². The highest BCUT2D eigenvalue weighted by molar-refractivity contribution is 8.00. The van der Waals surface area contributed by atoms with E-state index in [1.54, 1.807) is 9.80 Å². The molecule has 18 nitrogen and oxygen atoms in total. The molecule has 2 amide bonds. The number of likely N-dealkylation sites (N-methyl/N-ethyl adjacent to an activating group) is 1. The number of nitrogens with one attached hydrogen (secondary N) is 1. The number of ketones is 1. The number of rotatable bonds is 12. The molecule has 0 saturated carbocycles. The number of nitrogens with two attached hydrogens (primary N) is 1. The number of likely N-dealkylation sites (tertiary alicyclic amines) is 1. The first-order valence-electron chi connectivity index (χ1n) is 16.1. The van der Waals surface area contributed by atoms with Crippen molar-refractivity contribution in [1.29, 1.82) is 0 Å². The number of hydrogen-bond acceptors (Lipinski definition) is 15. The van der Waals surface area contributed by atoms with Gasteiger partial charge in [0.1, 0.15) is 12.2 Å². The van der Waals surface area contributed by atoms with E-state index in [9.17, 15) is 34.5 Å². The molecule has 6 N–H and O–H groups in total. The average Bonchev–Trinajstić information content (AvgIpc) is 3.81. The summed E-state index contributed by atoms with van der Waals surface area (Å²) in [7, 11) is 4.18. The molecular weight excluding hydrogens is 740 g/mol. The minimum absolute atomic E-state index is 0.115. The summed E-state index contributed by atoms with van der Waals surface area (Å²) >= 11 is 8.75. The van der Waals surface area contributed by atoms with Crippen LogP contribution in [0.15, 0.2) is 28.2 Å². The minimum Gasteiger partial charge on any atom is -0.504 e. The van der Waals surface area contributed by atoms with E-state index in [2.05, 4.69) is 44.9 Å². The van der Waals surface area contributed by atoms with E-state index in [1.165, 1.54) is 36.2 Å². The number of oxime groups is 1. The molecule has 3 aromatic rings. The number of thioether (sulfide) groups is 1. The van der Waals surface area contributed by atoms with Crippen molar-refractivity contribution in [3.63, 3.8) is 0 Å². The summed E-state index contributed by atoms with van der Waals surface area (Å²) in [5, 5.41) is 48.4. The zero-order chi connectivity index (χ0) is 37.5. The lowest BCUT2D eigenvalue weighted by molar-refractivity contribution is -0.911. The van der Waals surface area contributed by atoms with Crippen LogP contribution < -0.4 is 5.73 Å². The number of carboxylic acids is 1. The van der Waals surface area contributed by atoms with Crippen LogP contribution >= 0.6 is 34.7 Å². The molecule has 2 aromatic heterocycles. The van der Waals surface area contributed by atoms with E-state index in [4.69, 9.17) is 22.2 Å². The van der Waals surface area contributed by atoms with Crippen molar-refractivity contribution >= 4 is 74.8 Å². The van der Waals surface area contributed by atoms with Crippen molar-refractivity contribution < 1.29 is 43.8 Å². The van der Waals surface area contributed by atoms with Crippen molar-refractivity contribution in [2.45, 2.75) is 43.7 Å². The average molecular weight is 776 g/mol. The van der Waals surface area contributed by atoms with E-state index in [0.29, 0.717) is 48.4 Å². The molecule has 276 valence electrons. The predicted molar refractivity (Wildman–Crippen MR) is 189 cm³/mol. The molecule has 0 spiro atoms. The molecule has 0 aliphatic carbocycles. The molecule has 3 atom stereocenters. The molecule has 52 heavy (non-hydrogen) atoms. The number of tetrazole rings is 1. The van der Waals surface area contributed by atoms with Crippen LogP contribution in [0.5, 0.6) is 11.5 Å². The number of piperidine rings is 1. The van der Waals surface area contributed by atoms with Crippen LogP contribution in [0, 0.1) is 5.92 Å². The summed E-state index contributed by atoms with van der Waals surface area (Å²) in [6, 6.07) is 2.77. The molecule has 0 unspecified atom stereocenters. The number of β-lactam (4-membered cyclic amide) rings is 1. The lowest BCUT2D eigenvalue weighted by Gasteiger charge is -2.51. The first kappa shape index (κ1) is 37.0. The zero-order valence-electron chi connectivity index (χ0n) is 28.2. The maximum Gasteiger partial charge on any atom is 0.347 e. The molecule has 5 heterocycles. The van der Waals surface area contributed by atoms with Crippen LogP contribution in [0.4, 0.5) is 5.13 Å². The molecule has 3 aliphatic heterocycles. The number of aromatic nitrogens is 5. The number of carboxylic acid groups (broad SMARTS) is 1. The van der Waals surface area contributed by atoms with Gasteiger partial charge in [0, 0.05) is 49.1 Å². The Morgan fingerprint density at radius 2 is 1.96 bits per heavy atom. The molecular formula is C31H36ClN10O8S2+. The first-order chi connectivity index (χ1) is 24.7. The number of aromatic hydroxyl groups is 2. The van der Waals surface area contributed by atoms with E-state index in [0.717, 1.165) is 16.9 Å². The van der Waals surface area contributed by atoms with Crippen molar-refractivity contribution in [3.05, 3.63) is 45.2 Å². The molecule has 6 rings (SSSR count). The second kappa shape index (κ2) is 14.7. The Kier molecular flexibility index (Phi) is 10.4. The summed E-state index contributed by atoms with van der Waals surface area (Å²) in [4.78, 5) is 64.4. The summed E-state index contributed by atoms with van der Waals surface area (Å²) in [5.74, 6) is -3.34. The molecule has 1 aromatic carbocycles. The zero-order valence-corrected chi connectivity index (χ0v) is 30.6. The number of phenolic OH excluding ortho intramolecular Hbond substituents is 2. The van der Waals surface area contributed by atoms with Gasteiger partial charge in [-0.2, -0.15) is 5.21 Å². The number of quaternary nitrogens is 1. The number of aliphatic carboxylic acids is 1. The summed E-state index contributed by atoms with van der Waals surface area (Å²) < 4.78 is 0.542. The monoisotopic (exact) mass is 775 g/mol. The summed E-state index contributed by atoms with van der Waals surface area (Å²) in [6.45, 7) is 2.71. The van der Waals surface area contributed by atoms with Gasteiger partial charge >= 0.3 is 5.97 Å². The maximum atomic E-state index is 13.8. The normalized spacial score (nSPS) is 20.4. The lowest BCUT2D eigenvalue weighted by Crippen LogP contribution is -2.61. The highest BCUT2D eigenvalue weighted by Crippen LogP contribution is 2.48. The van der Waals surface area contributed by atoms with Crippen molar-refractivity contribution in [3.8, 4) is 11.5 Å². The number of hydrogen-bond donors (Lipinski definition) is 5. The van der Waals surface area contributed by atoms with Crippen LogP contribution in [0.25, 0.3) is 5.70 Å². The van der Waals surface area contributed by atoms with Gasteiger partial charge in [-0.1, -0.05) is 16.8 Å². The topological polar surface area (TPSA) is 250 Å². The SMILES string of the molecule is C[C@H](O/N=C(\C(=O)C[C@@H]1C(=O)N2C(c3nn[nH]n3)=C(C[N+](C)(C)C3CCN(C(=O)c4ccc(O)c(O)c4Cl)CC3)CS[C@H]12)c1csc(N)n1)C(=O)O. The smallest absolute Gasteiger partial charge is 0.347 e. The number of H-pyrrole nitrogens is 1. The number of anilines is 1. The third kappa shape index (κ3) is 7.14. The van der Waals surface area contributed by atoms with Crippen molar-refractivity contribution in [1.82, 2.24) is 35.4 Å². The number of nitrogens with zero attached hydrogens (tertiary/aromatic N) is 8. The van der Waals surface area contributed by atoms with Crippen LogP contribution in [-0.2, 0) is 19.2 Å². The minimum atomic E-state index is -1.33. The van der Waals surface area contributed by atoms with Gasteiger partial charge in [0.05, 0.1) is 47.7 Å². The largest absolute Gasteiger partial charge is 0.504 e. The Balaban J connectivity index is 1.16. The van der Waals surface area contributed by atoms with Gasteiger partial charge in [0.25, 0.3) is 5.91 Å². The van der Waals surface area contributed by atoms with Crippen LogP contribution in [0.3, 0.4) is 0 Å². The number of fused-ring (bicyclic) bond motifs is 1. The molecule has 2 saturated heterocycles. The number of nitrogen functional groups attached to an aromatic ring is 1. The van der Waals surface area contributed by atoms with Gasteiger partial charge in [-0.25, -0.2) is 9.78 Å². The standard InChI is InChI=1S/C31H35ClN10O8S2/c1-14(30(48)49)50-37-23(19-13-52-31(33)34-19)21(44)10-18-28(47)41-24(26-35-38-39-36-26)15(12-51-29(18)41)11-42(2,3)16-6-8-40(9-7-16)27(46)17-4-5-20(43)25(45)22(17)32/h4-5,13-14,16,18,29H,6-12H2,1-3H3,(H5-,33,34,35,36,37,38,39,43,44,45,46,48,49)/p+1/t14-,18+,29+/m0/s1. The van der Waals surface area contributed by atoms with Gasteiger partial charge in [0.15, 0.2) is 28.1 Å². The third-order valence-electron chi connectivity index (χ3n) is 9.46. The van der Waals surface area contributed by atoms with Gasteiger partial charge < -0.3 is 35.3 Å². The first-order valence-corrected chi connectivity index (χ1v) is 18.4. The molecule has 3 aliphatic rings. The molecule has 0 bridgehead atoms. The van der Waals surface area contributed by atoms with Crippen LogP contribution in [-0.4, -0.2) is 141 Å². The number of benzene rings is 1. The number of amides is 2. The number of carbonyl (C=O) groups is 4. The Hall–Kier alpha value is -4.79. The fourth-order valence-corrected chi connectivity index (χ4v) is 8.79. The third-order valence-corrected chi connectivity index (χ3v) is 11.9. The summed E-state index contributed by atoms with van der Waals surface area (Å²) in [6.07, 6.45) is -0.196. The van der Waals surface area contributed by atoms with E-state index in [-0.39, 0.29) is 57.2 Å². The quantitative estimate of drug-likeness (QED) is 0.0579.